The highest BCUT2D eigenvalue weighted by atomic mass is 35.5. The van der Waals surface area contributed by atoms with Gasteiger partial charge < -0.3 is 9.47 Å². The number of carbonyl (C=O) groups is 4. The second-order valence-electron chi connectivity index (χ2n) is 8.56. The molecule has 9 heteroatoms. The van der Waals surface area contributed by atoms with Gasteiger partial charge in [0.05, 0.1) is 39.5 Å². The number of ether oxygens (including phenoxy) is 2. The van der Waals surface area contributed by atoms with Crippen molar-refractivity contribution < 1.29 is 28.7 Å². The van der Waals surface area contributed by atoms with Gasteiger partial charge in [0.2, 0.25) is 5.78 Å². The number of methoxy groups -OCH3 is 1. The van der Waals surface area contributed by atoms with Crippen molar-refractivity contribution in [1.29, 1.82) is 0 Å². The third-order valence-electron chi connectivity index (χ3n) is 6.23. The molecule has 0 spiro atoms. The molecule has 0 bridgehead atoms. The van der Waals surface area contributed by atoms with Gasteiger partial charge in [-0.25, -0.2) is 9.69 Å². The number of Topliss-reactive ketones (excluding diaryl/α,β-unsaturated/α-hetero) is 1. The van der Waals surface area contributed by atoms with Crippen molar-refractivity contribution in [3.05, 3.63) is 129 Å². The lowest BCUT2D eigenvalue weighted by molar-refractivity contribution is 0.0280. The summed E-state index contributed by atoms with van der Waals surface area (Å²) in [7, 11) is 1.51. The molecule has 2 amide bonds. The molecule has 0 N–H and O–H groups in total. The van der Waals surface area contributed by atoms with Crippen LogP contribution in [0.3, 0.4) is 0 Å². The summed E-state index contributed by atoms with van der Waals surface area (Å²) >= 11 is 12.1. The number of benzene rings is 4. The van der Waals surface area contributed by atoms with Gasteiger partial charge in [0.15, 0.2) is 6.10 Å². The van der Waals surface area contributed by atoms with Gasteiger partial charge in [0.1, 0.15) is 5.75 Å². The van der Waals surface area contributed by atoms with Gasteiger partial charge in [0, 0.05) is 11.1 Å². The van der Waals surface area contributed by atoms with Crippen molar-refractivity contribution in [3.8, 4) is 5.75 Å². The molecule has 0 aromatic heterocycles. The Morgan fingerprint density at radius 1 is 0.769 bits per heavy atom. The fourth-order valence-electron chi connectivity index (χ4n) is 4.27. The van der Waals surface area contributed by atoms with E-state index in [9.17, 15) is 19.2 Å². The van der Waals surface area contributed by atoms with Crippen molar-refractivity contribution in [2.24, 2.45) is 0 Å². The first-order chi connectivity index (χ1) is 18.8. The van der Waals surface area contributed by atoms with E-state index in [1.165, 1.54) is 31.4 Å². The lowest BCUT2D eigenvalue weighted by Gasteiger charge is -2.21. The van der Waals surface area contributed by atoms with Crippen molar-refractivity contribution in [3.63, 3.8) is 0 Å². The van der Waals surface area contributed by atoms with Crippen molar-refractivity contribution in [2.45, 2.75) is 6.10 Å². The van der Waals surface area contributed by atoms with Gasteiger partial charge in [0.25, 0.3) is 11.8 Å². The Morgan fingerprint density at radius 3 is 1.92 bits per heavy atom. The molecule has 1 atom stereocenters. The Bertz CT molecular complexity index is 1580. The largest absolute Gasteiger partial charge is 0.497 e. The number of anilines is 1. The Kier molecular flexibility index (Phi) is 7.19. The molecule has 5 rings (SSSR count). The molecule has 0 aliphatic carbocycles. The normalized spacial score (nSPS) is 13.2. The molecule has 1 aliphatic heterocycles. The third kappa shape index (κ3) is 4.90. The molecule has 7 nitrogen and oxygen atoms in total. The lowest BCUT2D eigenvalue weighted by atomic mass is 9.99. The Balaban J connectivity index is 1.50. The summed E-state index contributed by atoms with van der Waals surface area (Å²) in [5.41, 5.74) is 0.815. The van der Waals surface area contributed by atoms with E-state index in [0.29, 0.717) is 16.9 Å². The van der Waals surface area contributed by atoms with E-state index >= 15 is 0 Å². The number of fused-ring (bicyclic) bond motifs is 1. The summed E-state index contributed by atoms with van der Waals surface area (Å²) < 4.78 is 10.9. The molecule has 0 saturated heterocycles. The average Bonchev–Trinajstić information content (AvgIpc) is 3.20. The summed E-state index contributed by atoms with van der Waals surface area (Å²) in [6, 6.07) is 23.6. The molecular formula is C30H19Cl2NO6. The van der Waals surface area contributed by atoms with Crippen LogP contribution in [0.5, 0.6) is 5.75 Å². The van der Waals surface area contributed by atoms with Crippen LogP contribution in [-0.2, 0) is 4.74 Å². The number of imide groups is 1. The van der Waals surface area contributed by atoms with Crippen molar-refractivity contribution >= 4 is 52.5 Å². The van der Waals surface area contributed by atoms with Crippen LogP contribution in [-0.4, -0.2) is 30.7 Å². The van der Waals surface area contributed by atoms with Gasteiger partial charge in [-0.3, -0.25) is 14.4 Å². The summed E-state index contributed by atoms with van der Waals surface area (Å²) in [6.45, 7) is 0. The van der Waals surface area contributed by atoms with E-state index in [0.717, 1.165) is 4.90 Å². The standard InChI is InChI=1S/C30H19Cl2NO6/c1-38-19-13-11-17(12-14-19)26(34)27(18-7-3-2-4-8-18)39-30(37)20-9-5-6-10-25(20)33-28(35)21-15-23(31)24(32)16-22(21)29(33)36/h2-16,27H,1H3/t27-/m1/s1. The minimum atomic E-state index is -1.29. The molecule has 0 unspecified atom stereocenters. The quantitative estimate of drug-likeness (QED) is 0.144. The summed E-state index contributed by atoms with van der Waals surface area (Å²) in [5.74, 6) is -2.11. The monoisotopic (exact) mass is 559 g/mol. The van der Waals surface area contributed by atoms with Crippen LogP contribution in [0.15, 0.2) is 91.0 Å². The maximum Gasteiger partial charge on any atom is 0.341 e. The predicted molar refractivity (Wildman–Crippen MR) is 146 cm³/mol. The first-order valence-corrected chi connectivity index (χ1v) is 12.5. The number of esters is 1. The highest BCUT2D eigenvalue weighted by molar-refractivity contribution is 6.44. The number of halogens is 2. The van der Waals surface area contributed by atoms with Crippen molar-refractivity contribution in [2.75, 3.05) is 12.0 Å². The zero-order valence-electron chi connectivity index (χ0n) is 20.4. The fourth-order valence-corrected chi connectivity index (χ4v) is 4.60. The predicted octanol–water partition coefficient (Wildman–Crippen LogP) is 6.58. The highest BCUT2D eigenvalue weighted by Crippen LogP contribution is 2.36. The van der Waals surface area contributed by atoms with E-state index in [-0.39, 0.29) is 32.4 Å². The van der Waals surface area contributed by atoms with Crippen LogP contribution in [0.2, 0.25) is 10.0 Å². The minimum Gasteiger partial charge on any atom is -0.497 e. The molecular weight excluding hydrogens is 541 g/mol. The van der Waals surface area contributed by atoms with Crippen LogP contribution >= 0.6 is 23.2 Å². The summed E-state index contributed by atoms with van der Waals surface area (Å²) in [4.78, 5) is 54.4. The maximum absolute atomic E-state index is 13.6. The van der Waals surface area contributed by atoms with E-state index in [4.69, 9.17) is 32.7 Å². The molecule has 0 saturated carbocycles. The van der Waals surface area contributed by atoms with Crippen molar-refractivity contribution in [1.82, 2.24) is 0 Å². The first-order valence-electron chi connectivity index (χ1n) is 11.7. The van der Waals surface area contributed by atoms with E-state index in [1.807, 2.05) is 0 Å². The molecule has 39 heavy (non-hydrogen) atoms. The second kappa shape index (κ2) is 10.7. The SMILES string of the molecule is COc1ccc(C(=O)[C@H](OC(=O)c2ccccc2N2C(=O)c3cc(Cl)c(Cl)cc3C2=O)c2ccccc2)cc1. The number of rotatable bonds is 7. The zero-order chi connectivity index (χ0) is 27.7. The fraction of sp³-hybridized carbons (Fsp3) is 0.0667. The van der Waals surface area contributed by atoms with Crippen LogP contribution < -0.4 is 9.64 Å². The van der Waals surface area contributed by atoms with Gasteiger partial charge >= 0.3 is 5.97 Å². The Morgan fingerprint density at radius 2 is 1.33 bits per heavy atom. The van der Waals surface area contributed by atoms with Crippen LogP contribution in [0.25, 0.3) is 0 Å². The van der Waals surface area contributed by atoms with Crippen LogP contribution in [0, 0.1) is 0 Å². The maximum atomic E-state index is 13.6. The van der Waals surface area contributed by atoms with E-state index in [1.54, 1.807) is 66.7 Å². The number of ketones is 1. The van der Waals surface area contributed by atoms with Gasteiger partial charge in [-0.1, -0.05) is 65.7 Å². The van der Waals surface area contributed by atoms with Gasteiger partial charge in [-0.15, -0.1) is 0 Å². The van der Waals surface area contributed by atoms with Crippen LogP contribution in [0.4, 0.5) is 5.69 Å². The number of para-hydroxylation sites is 1. The summed E-state index contributed by atoms with van der Waals surface area (Å²) in [6.07, 6.45) is -1.29. The minimum absolute atomic E-state index is 0.00431. The van der Waals surface area contributed by atoms with Gasteiger partial charge in [-0.2, -0.15) is 0 Å². The first kappa shape index (κ1) is 26.2. The molecule has 1 aliphatic rings. The Labute approximate surface area is 233 Å². The van der Waals surface area contributed by atoms with E-state index < -0.39 is 29.7 Å². The number of carbonyl (C=O) groups excluding carboxylic acids is 4. The highest BCUT2D eigenvalue weighted by Gasteiger charge is 2.39. The number of nitrogens with zero attached hydrogens (tertiary/aromatic N) is 1. The smallest absolute Gasteiger partial charge is 0.341 e. The topological polar surface area (TPSA) is 90.0 Å². The molecule has 0 radical (unpaired) electrons. The third-order valence-corrected chi connectivity index (χ3v) is 6.95. The molecule has 194 valence electrons. The average molecular weight is 560 g/mol. The number of hydrogen-bond acceptors (Lipinski definition) is 6. The number of hydrogen-bond donors (Lipinski definition) is 0. The number of amides is 2. The lowest BCUT2D eigenvalue weighted by Crippen LogP contribution is -2.31. The summed E-state index contributed by atoms with van der Waals surface area (Å²) in [5, 5.41) is 0.239. The zero-order valence-corrected chi connectivity index (χ0v) is 21.9. The van der Waals surface area contributed by atoms with E-state index in [2.05, 4.69) is 0 Å². The van der Waals surface area contributed by atoms with Crippen LogP contribution in [0.1, 0.15) is 53.1 Å². The molecule has 4 aromatic carbocycles. The Hall–Kier alpha value is -4.46. The van der Waals surface area contributed by atoms with Gasteiger partial charge in [-0.05, 0) is 48.5 Å². The second-order valence-corrected chi connectivity index (χ2v) is 9.38. The molecule has 4 aromatic rings. The molecule has 1 heterocycles. The molecule has 0 fully saturated rings.